The van der Waals surface area contributed by atoms with Crippen molar-refractivity contribution in [3.8, 4) is 0 Å². The molecule has 0 aliphatic heterocycles. The zero-order chi connectivity index (χ0) is 18.9. The molecule has 7 heteroatoms. The highest BCUT2D eigenvalue weighted by Crippen LogP contribution is 2.11. The molecular weight excluding hydrogens is 322 g/mol. The molecule has 0 aliphatic carbocycles. The van der Waals surface area contributed by atoms with E-state index in [0.717, 1.165) is 5.56 Å². The molecule has 136 valence electrons. The lowest BCUT2D eigenvalue weighted by Crippen LogP contribution is -2.36. The average Bonchev–Trinajstić information content (AvgIpc) is 2.52. The fourth-order valence-electron chi connectivity index (χ4n) is 1.74. The van der Waals surface area contributed by atoms with E-state index >= 15 is 0 Å². The fourth-order valence-corrected chi connectivity index (χ4v) is 1.74. The number of nitrogens with zero attached hydrogens (tertiary/aromatic N) is 1. The van der Waals surface area contributed by atoms with Crippen molar-refractivity contribution in [3.63, 3.8) is 0 Å². The molecule has 1 aromatic carbocycles. The zero-order valence-electron chi connectivity index (χ0n) is 15.1. The fraction of sp³-hybridized carbons (Fsp3) is 0.389. The summed E-state index contributed by atoms with van der Waals surface area (Å²) in [4.78, 5) is 28.4. The maximum absolute atomic E-state index is 11.8. The molecular formula is C18H25N3O4. The highest BCUT2D eigenvalue weighted by molar-refractivity contribution is 5.99. The van der Waals surface area contributed by atoms with Gasteiger partial charge in [-0.1, -0.05) is 29.9 Å². The van der Waals surface area contributed by atoms with Gasteiger partial charge in [-0.15, -0.1) is 0 Å². The number of benzene rings is 1. The second kappa shape index (κ2) is 9.46. The number of ether oxygens (including phenoxy) is 1. The second-order valence-corrected chi connectivity index (χ2v) is 6.23. The Balaban J connectivity index is 2.49. The van der Waals surface area contributed by atoms with E-state index in [1.165, 1.54) is 0 Å². The topological polar surface area (TPSA) is 89.0 Å². The summed E-state index contributed by atoms with van der Waals surface area (Å²) in [5.74, 6) is -0.496. The first-order valence-electron chi connectivity index (χ1n) is 7.86. The Kier molecular flexibility index (Phi) is 7.65. The SMILES string of the molecule is C=CCON=C(C)c1ccc(NC(=O)NCC(=O)OC(C)(C)C)cc1. The second-order valence-electron chi connectivity index (χ2n) is 6.23. The van der Waals surface area contributed by atoms with Crippen molar-refractivity contribution in [2.24, 2.45) is 5.16 Å². The summed E-state index contributed by atoms with van der Waals surface area (Å²) in [6, 6.07) is 6.58. The number of oxime groups is 1. The summed E-state index contributed by atoms with van der Waals surface area (Å²) < 4.78 is 5.11. The monoisotopic (exact) mass is 347 g/mol. The minimum atomic E-state index is -0.583. The molecule has 0 aromatic heterocycles. The molecule has 0 aliphatic rings. The number of hydrogen-bond acceptors (Lipinski definition) is 5. The lowest BCUT2D eigenvalue weighted by molar-refractivity contribution is -0.153. The van der Waals surface area contributed by atoms with E-state index in [4.69, 9.17) is 9.57 Å². The smallest absolute Gasteiger partial charge is 0.325 e. The van der Waals surface area contributed by atoms with Gasteiger partial charge in [0.05, 0.1) is 5.71 Å². The van der Waals surface area contributed by atoms with Crippen LogP contribution >= 0.6 is 0 Å². The minimum Gasteiger partial charge on any atom is -0.459 e. The van der Waals surface area contributed by atoms with Crippen LogP contribution in [0.3, 0.4) is 0 Å². The van der Waals surface area contributed by atoms with E-state index in [1.807, 2.05) is 6.92 Å². The Bertz CT molecular complexity index is 631. The van der Waals surface area contributed by atoms with Crippen LogP contribution in [0.1, 0.15) is 33.3 Å². The van der Waals surface area contributed by atoms with Gasteiger partial charge in [0.25, 0.3) is 0 Å². The summed E-state index contributed by atoms with van der Waals surface area (Å²) in [5.41, 5.74) is 1.58. The summed E-state index contributed by atoms with van der Waals surface area (Å²) in [6.45, 7) is 10.8. The third kappa shape index (κ3) is 8.55. The first-order valence-corrected chi connectivity index (χ1v) is 7.86. The molecule has 25 heavy (non-hydrogen) atoms. The Hall–Kier alpha value is -2.83. The standard InChI is InChI=1S/C18H25N3O4/c1-6-11-24-21-13(2)14-7-9-15(10-8-14)20-17(23)19-12-16(22)25-18(3,4)5/h6-10H,1,11-12H2,2-5H3,(H2,19,20,23). The van der Waals surface area contributed by atoms with E-state index in [-0.39, 0.29) is 6.54 Å². The normalized spacial score (nSPS) is 11.4. The van der Waals surface area contributed by atoms with Crippen LogP contribution in [0.2, 0.25) is 0 Å². The van der Waals surface area contributed by atoms with Crippen LogP contribution in [-0.4, -0.2) is 36.5 Å². The van der Waals surface area contributed by atoms with Crippen LogP contribution in [-0.2, 0) is 14.4 Å². The quantitative estimate of drug-likeness (QED) is 0.261. The van der Waals surface area contributed by atoms with Crippen LogP contribution in [0, 0.1) is 0 Å². The van der Waals surface area contributed by atoms with Crippen LogP contribution in [0.25, 0.3) is 0 Å². The van der Waals surface area contributed by atoms with Crippen LogP contribution in [0.5, 0.6) is 0 Å². The van der Waals surface area contributed by atoms with Gasteiger partial charge in [-0.3, -0.25) is 4.79 Å². The van der Waals surface area contributed by atoms with Gasteiger partial charge < -0.3 is 20.2 Å². The molecule has 0 bridgehead atoms. The van der Waals surface area contributed by atoms with Gasteiger partial charge >= 0.3 is 12.0 Å². The number of urea groups is 1. The number of esters is 1. The lowest BCUT2D eigenvalue weighted by atomic mass is 10.1. The molecule has 2 N–H and O–H groups in total. The van der Waals surface area contributed by atoms with Gasteiger partial charge in [0.2, 0.25) is 0 Å². The van der Waals surface area contributed by atoms with Gasteiger partial charge in [-0.2, -0.15) is 0 Å². The van der Waals surface area contributed by atoms with Gasteiger partial charge in [0, 0.05) is 5.69 Å². The largest absolute Gasteiger partial charge is 0.459 e. The molecule has 0 unspecified atom stereocenters. The number of carbonyl (C=O) groups is 2. The maximum atomic E-state index is 11.8. The Morgan fingerprint density at radius 1 is 1.24 bits per heavy atom. The number of hydrogen-bond donors (Lipinski definition) is 2. The number of nitrogens with one attached hydrogen (secondary N) is 2. The maximum Gasteiger partial charge on any atom is 0.325 e. The number of amides is 2. The molecule has 0 atom stereocenters. The van der Waals surface area contributed by atoms with Gasteiger partial charge in [-0.25, -0.2) is 4.79 Å². The summed E-state index contributed by atoms with van der Waals surface area (Å²) in [6.07, 6.45) is 1.61. The van der Waals surface area contributed by atoms with Crippen molar-refractivity contribution in [1.82, 2.24) is 5.32 Å². The zero-order valence-corrected chi connectivity index (χ0v) is 15.1. The van der Waals surface area contributed by atoms with E-state index < -0.39 is 17.6 Å². The molecule has 1 rings (SSSR count). The number of anilines is 1. The van der Waals surface area contributed by atoms with Gasteiger partial charge in [0.15, 0.2) is 0 Å². The first kappa shape index (κ1) is 20.2. The third-order valence-electron chi connectivity index (χ3n) is 2.77. The molecule has 1 aromatic rings. The average molecular weight is 347 g/mol. The van der Waals surface area contributed by atoms with Crippen molar-refractivity contribution in [2.45, 2.75) is 33.3 Å². The molecule has 0 heterocycles. The van der Waals surface area contributed by atoms with Crippen molar-refractivity contribution in [2.75, 3.05) is 18.5 Å². The highest BCUT2D eigenvalue weighted by Gasteiger charge is 2.16. The van der Waals surface area contributed by atoms with Gasteiger partial charge in [-0.05, 0) is 45.4 Å². The predicted octanol–water partition coefficient (Wildman–Crippen LogP) is 3.08. The Morgan fingerprint density at radius 3 is 2.44 bits per heavy atom. The molecule has 0 spiro atoms. The number of carbonyl (C=O) groups excluding carboxylic acids is 2. The predicted molar refractivity (Wildman–Crippen MR) is 97.7 cm³/mol. The molecule has 0 saturated heterocycles. The molecule has 2 amide bonds. The number of rotatable bonds is 7. The van der Waals surface area contributed by atoms with Gasteiger partial charge in [0.1, 0.15) is 18.8 Å². The van der Waals surface area contributed by atoms with Crippen LogP contribution in [0.4, 0.5) is 10.5 Å². The van der Waals surface area contributed by atoms with E-state index in [1.54, 1.807) is 51.1 Å². The van der Waals surface area contributed by atoms with Crippen molar-refractivity contribution >= 4 is 23.4 Å². The van der Waals surface area contributed by atoms with E-state index in [9.17, 15) is 9.59 Å². The Morgan fingerprint density at radius 2 is 1.88 bits per heavy atom. The van der Waals surface area contributed by atoms with E-state index in [2.05, 4.69) is 22.4 Å². The summed E-state index contributed by atoms with van der Waals surface area (Å²) >= 11 is 0. The first-order chi connectivity index (χ1) is 11.7. The molecule has 7 nitrogen and oxygen atoms in total. The van der Waals surface area contributed by atoms with Crippen molar-refractivity contribution in [3.05, 3.63) is 42.5 Å². The van der Waals surface area contributed by atoms with Crippen LogP contribution in [0.15, 0.2) is 42.1 Å². The van der Waals surface area contributed by atoms with Crippen molar-refractivity contribution in [1.29, 1.82) is 0 Å². The highest BCUT2D eigenvalue weighted by atomic mass is 16.6. The summed E-state index contributed by atoms with van der Waals surface area (Å²) in [5, 5.41) is 9.03. The van der Waals surface area contributed by atoms with Crippen molar-refractivity contribution < 1.29 is 19.2 Å². The Labute approximate surface area is 148 Å². The molecule has 0 radical (unpaired) electrons. The summed E-state index contributed by atoms with van der Waals surface area (Å²) in [7, 11) is 0. The molecule has 0 saturated carbocycles. The minimum absolute atomic E-state index is 0.201. The lowest BCUT2D eigenvalue weighted by Gasteiger charge is -2.19. The van der Waals surface area contributed by atoms with E-state index in [0.29, 0.717) is 18.0 Å². The third-order valence-corrected chi connectivity index (χ3v) is 2.77. The molecule has 0 fully saturated rings. The van der Waals surface area contributed by atoms with Crippen LogP contribution < -0.4 is 10.6 Å².